The van der Waals surface area contributed by atoms with Crippen molar-refractivity contribution in [3.8, 4) is 5.88 Å². The first-order valence-electron chi connectivity index (χ1n) is 11.0. The molecule has 1 fully saturated rings. The zero-order valence-electron chi connectivity index (χ0n) is 18.7. The number of ether oxygens (including phenoxy) is 3. The van der Waals surface area contributed by atoms with E-state index in [1.807, 2.05) is 0 Å². The van der Waals surface area contributed by atoms with Gasteiger partial charge in [0.25, 0.3) is 5.88 Å². The van der Waals surface area contributed by atoms with Crippen molar-refractivity contribution in [3.05, 3.63) is 28.2 Å². The Kier molecular flexibility index (Phi) is 6.20. The van der Waals surface area contributed by atoms with Crippen LogP contribution in [-0.4, -0.2) is 47.5 Å². The fourth-order valence-electron chi connectivity index (χ4n) is 4.73. The van der Waals surface area contributed by atoms with Crippen LogP contribution in [0.3, 0.4) is 0 Å². The van der Waals surface area contributed by atoms with Crippen LogP contribution in [0.15, 0.2) is 17.5 Å². The highest BCUT2D eigenvalue weighted by molar-refractivity contribution is 6.34. The lowest BCUT2D eigenvalue weighted by Gasteiger charge is -2.41. The second-order valence-electron chi connectivity index (χ2n) is 9.46. The summed E-state index contributed by atoms with van der Waals surface area (Å²) in [4.78, 5) is 25.3. The molecule has 174 valence electrons. The van der Waals surface area contributed by atoms with Gasteiger partial charge in [0.05, 0.1) is 25.5 Å². The molecule has 1 unspecified atom stereocenters. The molecule has 1 saturated heterocycles. The van der Waals surface area contributed by atoms with Gasteiger partial charge in [-0.25, -0.2) is 9.18 Å². The van der Waals surface area contributed by atoms with Crippen molar-refractivity contribution >= 4 is 28.9 Å². The van der Waals surface area contributed by atoms with E-state index < -0.39 is 17.6 Å². The molecule has 2 aliphatic heterocycles. The lowest BCUT2D eigenvalue weighted by Crippen LogP contribution is -2.37. The third-order valence-electron chi connectivity index (χ3n) is 6.38. The average molecular weight is 467 g/mol. The number of allylic oxidation sites excluding steroid dienone is 3. The molecule has 1 aromatic rings. The molecule has 32 heavy (non-hydrogen) atoms. The Hall–Kier alpha value is -2.19. The number of halogens is 2. The van der Waals surface area contributed by atoms with Crippen LogP contribution in [0.2, 0.25) is 5.02 Å². The van der Waals surface area contributed by atoms with Gasteiger partial charge in [-0.1, -0.05) is 38.4 Å². The third-order valence-corrected chi connectivity index (χ3v) is 6.72. The van der Waals surface area contributed by atoms with Crippen molar-refractivity contribution in [2.45, 2.75) is 53.2 Å². The maximum Gasteiger partial charge on any atom is 0.341 e. The standard InChI is InChI=1S/C23H28ClFN2O5/c1-5-31-22(29)14-7-6-13-15(23(2,3)4)10-27-19(16(13)18(25)20(14)28)17(24)21(26-27)32-12-8-9-30-11-12/h7,12-13,15H,5-6,8-11H2,1-4H3/t12-,13?,15-/m1/s1. The number of fused-ring (bicyclic) bond motifs is 3. The summed E-state index contributed by atoms with van der Waals surface area (Å²) in [6, 6.07) is 0. The molecule has 4 rings (SSSR count). The summed E-state index contributed by atoms with van der Waals surface area (Å²) in [6.07, 6.45) is 2.36. The molecule has 0 spiro atoms. The number of hydrogen-bond donors (Lipinski definition) is 0. The van der Waals surface area contributed by atoms with Gasteiger partial charge in [0.15, 0.2) is 5.83 Å². The lowest BCUT2D eigenvalue weighted by atomic mass is 9.67. The molecule has 0 aromatic carbocycles. The monoisotopic (exact) mass is 466 g/mol. The summed E-state index contributed by atoms with van der Waals surface area (Å²) in [7, 11) is 0. The van der Waals surface area contributed by atoms with Gasteiger partial charge in [-0.3, -0.25) is 9.48 Å². The van der Waals surface area contributed by atoms with Crippen molar-refractivity contribution in [1.82, 2.24) is 9.78 Å². The number of carbonyl (C=O) groups is 2. The zero-order valence-corrected chi connectivity index (χ0v) is 19.5. The Morgan fingerprint density at radius 2 is 2.16 bits per heavy atom. The van der Waals surface area contributed by atoms with Crippen LogP contribution in [0.4, 0.5) is 4.39 Å². The van der Waals surface area contributed by atoms with Crippen molar-refractivity contribution in [3.63, 3.8) is 0 Å². The molecule has 0 amide bonds. The molecule has 3 atom stereocenters. The molecular formula is C23H28ClFN2O5. The van der Waals surface area contributed by atoms with E-state index >= 15 is 4.39 Å². The van der Waals surface area contributed by atoms with Crippen molar-refractivity contribution in [1.29, 1.82) is 0 Å². The Morgan fingerprint density at radius 1 is 1.41 bits per heavy atom. The minimum absolute atomic E-state index is 0.0556. The molecule has 0 N–H and O–H groups in total. The molecule has 1 aromatic heterocycles. The summed E-state index contributed by atoms with van der Waals surface area (Å²) < 4.78 is 33.7. The summed E-state index contributed by atoms with van der Waals surface area (Å²) in [5.74, 6) is -2.98. The largest absolute Gasteiger partial charge is 0.470 e. The number of ketones is 1. The molecule has 9 heteroatoms. The van der Waals surface area contributed by atoms with Crippen LogP contribution >= 0.6 is 11.6 Å². The van der Waals surface area contributed by atoms with E-state index in [1.54, 1.807) is 11.6 Å². The zero-order chi connectivity index (χ0) is 23.2. The molecule has 7 nitrogen and oxygen atoms in total. The first-order valence-corrected chi connectivity index (χ1v) is 11.3. The number of nitrogens with zero attached hydrogens (tertiary/aromatic N) is 2. The molecule has 0 radical (unpaired) electrons. The van der Waals surface area contributed by atoms with E-state index in [-0.39, 0.29) is 52.0 Å². The number of carbonyl (C=O) groups excluding carboxylic acids is 2. The number of esters is 1. The van der Waals surface area contributed by atoms with Crippen LogP contribution in [0.25, 0.3) is 5.57 Å². The smallest absolute Gasteiger partial charge is 0.341 e. The van der Waals surface area contributed by atoms with Crippen LogP contribution < -0.4 is 4.74 Å². The summed E-state index contributed by atoms with van der Waals surface area (Å²) in [5, 5.41) is 4.70. The number of hydrogen-bond acceptors (Lipinski definition) is 6. The van der Waals surface area contributed by atoms with Crippen LogP contribution in [0.1, 0.15) is 46.2 Å². The highest BCUT2D eigenvalue weighted by atomic mass is 35.5. The second kappa shape index (κ2) is 8.63. The summed E-state index contributed by atoms with van der Waals surface area (Å²) >= 11 is 6.65. The molecule has 1 aliphatic carbocycles. The van der Waals surface area contributed by atoms with E-state index in [9.17, 15) is 9.59 Å². The Balaban J connectivity index is 1.83. The van der Waals surface area contributed by atoms with Crippen molar-refractivity contribution in [2.24, 2.45) is 17.3 Å². The highest BCUT2D eigenvalue weighted by Gasteiger charge is 2.46. The van der Waals surface area contributed by atoms with Gasteiger partial charge in [-0.05, 0) is 30.6 Å². The van der Waals surface area contributed by atoms with Gasteiger partial charge >= 0.3 is 5.97 Å². The predicted octanol–water partition coefficient (Wildman–Crippen LogP) is 4.14. The Morgan fingerprint density at radius 3 is 2.78 bits per heavy atom. The first-order chi connectivity index (χ1) is 15.1. The Bertz CT molecular complexity index is 1000. The molecule has 0 saturated carbocycles. The number of aromatic nitrogens is 2. The SMILES string of the molecule is CCOC(=O)C1=CCC2C(=C(F)C1=O)c1c(Cl)c(O[C@@H]3CCOC3)nn1C[C@H]2C(C)(C)C. The summed E-state index contributed by atoms with van der Waals surface area (Å²) in [6.45, 7) is 9.47. The van der Waals surface area contributed by atoms with E-state index in [2.05, 4.69) is 25.9 Å². The van der Waals surface area contributed by atoms with Crippen LogP contribution in [0, 0.1) is 17.3 Å². The van der Waals surface area contributed by atoms with Crippen molar-refractivity contribution in [2.75, 3.05) is 19.8 Å². The molecule has 0 bridgehead atoms. The van der Waals surface area contributed by atoms with Gasteiger partial charge in [0.1, 0.15) is 16.7 Å². The van der Waals surface area contributed by atoms with Crippen LogP contribution in [-0.2, 0) is 25.6 Å². The van der Waals surface area contributed by atoms with Crippen LogP contribution in [0.5, 0.6) is 5.88 Å². The van der Waals surface area contributed by atoms with E-state index in [4.69, 9.17) is 25.8 Å². The summed E-state index contributed by atoms with van der Waals surface area (Å²) in [5.41, 5.74) is 0.0284. The van der Waals surface area contributed by atoms with Gasteiger partial charge in [0, 0.05) is 18.5 Å². The number of Topliss-reactive ketones (excluding diaryl/α,β-unsaturated/α-hetero) is 1. The minimum Gasteiger partial charge on any atom is -0.470 e. The normalized spacial score (nSPS) is 25.8. The maximum absolute atomic E-state index is 15.8. The van der Waals surface area contributed by atoms with Gasteiger partial charge < -0.3 is 14.2 Å². The molecular weight excluding hydrogens is 439 g/mol. The molecule has 3 heterocycles. The quantitative estimate of drug-likeness (QED) is 0.490. The Labute approximate surface area is 191 Å². The first kappa shape index (κ1) is 23.0. The van der Waals surface area contributed by atoms with E-state index in [0.717, 1.165) is 0 Å². The highest BCUT2D eigenvalue weighted by Crippen LogP contribution is 2.51. The topological polar surface area (TPSA) is 79.7 Å². The van der Waals surface area contributed by atoms with Gasteiger partial charge in [-0.15, -0.1) is 5.10 Å². The fraction of sp³-hybridized carbons (Fsp3) is 0.609. The van der Waals surface area contributed by atoms with Crippen molar-refractivity contribution < 1.29 is 28.2 Å². The number of rotatable bonds is 4. The average Bonchev–Trinajstić information content (AvgIpc) is 3.31. The van der Waals surface area contributed by atoms with Gasteiger partial charge in [-0.2, -0.15) is 0 Å². The predicted molar refractivity (Wildman–Crippen MR) is 116 cm³/mol. The van der Waals surface area contributed by atoms with E-state index in [0.29, 0.717) is 38.3 Å². The molecule has 3 aliphatic rings. The third kappa shape index (κ3) is 3.99. The second-order valence-corrected chi connectivity index (χ2v) is 9.84. The van der Waals surface area contributed by atoms with E-state index in [1.165, 1.54) is 6.08 Å². The minimum atomic E-state index is -0.987. The fourth-order valence-corrected chi connectivity index (χ4v) is 5.01. The van der Waals surface area contributed by atoms with Gasteiger partial charge in [0.2, 0.25) is 5.78 Å². The lowest BCUT2D eigenvalue weighted by molar-refractivity contribution is -0.139. The maximum atomic E-state index is 15.8.